The van der Waals surface area contributed by atoms with Crippen LogP contribution in [0, 0.1) is 5.92 Å². The Hall–Kier alpha value is -1.01. The van der Waals surface area contributed by atoms with Crippen LogP contribution in [0.15, 0.2) is 45.5 Å². The number of carbonyl (C=O) groups is 1. The van der Waals surface area contributed by atoms with Gasteiger partial charge in [0, 0.05) is 22.5 Å². The molecule has 3 saturated heterocycles. The van der Waals surface area contributed by atoms with E-state index in [1.165, 1.54) is 25.9 Å². The quantitative estimate of drug-likeness (QED) is 0.813. The van der Waals surface area contributed by atoms with Gasteiger partial charge in [-0.05, 0) is 75.2 Å². The van der Waals surface area contributed by atoms with Crippen LogP contribution < -0.4 is 5.32 Å². The number of thiophene rings is 1. The van der Waals surface area contributed by atoms with Crippen molar-refractivity contribution in [3.63, 3.8) is 0 Å². The predicted molar refractivity (Wildman–Crippen MR) is 105 cm³/mol. The van der Waals surface area contributed by atoms with Gasteiger partial charge in [-0.3, -0.25) is 9.69 Å². The fourth-order valence-corrected chi connectivity index (χ4v) is 6.20. The molecule has 3 aliphatic rings. The SMILES string of the molecule is C[C@H]1[C@H](NC(=O)c2ccc(Sc3ccc(Cl)s3)cc2)C2CCN1CC2. The molecule has 0 unspecified atom stereocenters. The van der Waals surface area contributed by atoms with Crippen molar-refractivity contribution in [1.29, 1.82) is 0 Å². The number of piperidine rings is 3. The second kappa shape index (κ2) is 7.31. The number of amides is 1. The molecule has 1 aromatic heterocycles. The third-order valence-corrected chi connectivity index (χ3v) is 7.73. The maximum Gasteiger partial charge on any atom is 0.251 e. The lowest BCUT2D eigenvalue weighted by atomic mass is 9.79. The molecule has 3 fully saturated rings. The molecule has 25 heavy (non-hydrogen) atoms. The fraction of sp³-hybridized carbons (Fsp3) is 0.421. The van der Waals surface area contributed by atoms with E-state index in [9.17, 15) is 4.79 Å². The Kier molecular flexibility index (Phi) is 5.09. The van der Waals surface area contributed by atoms with Crippen LogP contribution in [0.2, 0.25) is 4.34 Å². The molecular formula is C19H21ClN2OS2. The molecule has 0 spiro atoms. The Bertz CT molecular complexity index is 751. The summed E-state index contributed by atoms with van der Waals surface area (Å²) in [7, 11) is 0. The van der Waals surface area contributed by atoms with Gasteiger partial charge in [0.1, 0.15) is 0 Å². The molecule has 5 rings (SSSR count). The first-order chi connectivity index (χ1) is 12.1. The Morgan fingerprint density at radius 3 is 2.52 bits per heavy atom. The Morgan fingerprint density at radius 1 is 1.20 bits per heavy atom. The van der Waals surface area contributed by atoms with Gasteiger partial charge in [-0.1, -0.05) is 23.4 Å². The van der Waals surface area contributed by atoms with Crippen LogP contribution in [-0.2, 0) is 0 Å². The van der Waals surface area contributed by atoms with E-state index < -0.39 is 0 Å². The molecule has 0 aliphatic carbocycles. The van der Waals surface area contributed by atoms with Gasteiger partial charge in [0.15, 0.2) is 0 Å². The first-order valence-corrected chi connectivity index (χ1v) is 10.7. The third kappa shape index (κ3) is 3.75. The number of nitrogens with one attached hydrogen (secondary N) is 1. The number of hydrogen-bond acceptors (Lipinski definition) is 4. The van der Waals surface area contributed by atoms with E-state index in [0.29, 0.717) is 12.0 Å². The van der Waals surface area contributed by atoms with Gasteiger partial charge < -0.3 is 5.32 Å². The summed E-state index contributed by atoms with van der Waals surface area (Å²) in [4.78, 5) is 16.3. The van der Waals surface area contributed by atoms with Crippen LogP contribution >= 0.6 is 34.7 Å². The topological polar surface area (TPSA) is 32.3 Å². The number of halogens is 1. The normalized spacial score (nSPS) is 28.1. The zero-order valence-electron chi connectivity index (χ0n) is 14.1. The van der Waals surface area contributed by atoms with Gasteiger partial charge >= 0.3 is 0 Å². The van der Waals surface area contributed by atoms with Crippen molar-refractivity contribution in [2.45, 2.75) is 41.0 Å². The first-order valence-electron chi connectivity index (χ1n) is 8.68. The second-order valence-electron chi connectivity index (χ2n) is 6.80. The van der Waals surface area contributed by atoms with Crippen LogP contribution in [0.25, 0.3) is 0 Å². The molecule has 0 saturated carbocycles. The average Bonchev–Trinajstić information content (AvgIpc) is 3.04. The van der Waals surface area contributed by atoms with Crippen molar-refractivity contribution in [3.8, 4) is 0 Å². The van der Waals surface area contributed by atoms with Gasteiger partial charge in [0.25, 0.3) is 5.91 Å². The molecule has 0 radical (unpaired) electrons. The number of fused-ring (bicyclic) bond motifs is 3. The smallest absolute Gasteiger partial charge is 0.251 e. The molecule has 3 nitrogen and oxygen atoms in total. The maximum atomic E-state index is 12.7. The molecule has 4 heterocycles. The molecule has 1 N–H and O–H groups in total. The summed E-state index contributed by atoms with van der Waals surface area (Å²) in [5.74, 6) is 0.670. The van der Waals surface area contributed by atoms with Crippen LogP contribution in [0.4, 0.5) is 0 Å². The number of hydrogen-bond donors (Lipinski definition) is 1. The lowest BCUT2D eigenvalue weighted by Gasteiger charge is -2.49. The van der Waals surface area contributed by atoms with Gasteiger partial charge in [0.2, 0.25) is 0 Å². The van der Waals surface area contributed by atoms with E-state index in [4.69, 9.17) is 11.6 Å². The number of benzene rings is 1. The van der Waals surface area contributed by atoms with Crippen LogP contribution in [0.5, 0.6) is 0 Å². The molecule has 1 amide bonds. The standard InChI is InChI=1S/C19H21ClN2OS2/c1-12-18(13-8-10-22(12)11-9-13)21-19(23)14-2-4-15(5-3-14)24-17-7-6-16(20)25-17/h2-7,12-13,18H,8-11H2,1H3,(H,21,23)/t12-,18-/m0/s1. The lowest BCUT2D eigenvalue weighted by molar-refractivity contribution is 0.0217. The summed E-state index contributed by atoms with van der Waals surface area (Å²) >= 11 is 9.21. The summed E-state index contributed by atoms with van der Waals surface area (Å²) in [5.41, 5.74) is 0.734. The summed E-state index contributed by atoms with van der Waals surface area (Å²) in [6, 6.07) is 12.5. The number of rotatable bonds is 4. The molecule has 3 aliphatic heterocycles. The molecule has 2 aromatic rings. The maximum absolute atomic E-state index is 12.7. The van der Waals surface area contributed by atoms with Crippen molar-refractivity contribution in [2.24, 2.45) is 5.92 Å². The highest BCUT2D eigenvalue weighted by Crippen LogP contribution is 2.35. The minimum Gasteiger partial charge on any atom is -0.347 e. The van der Waals surface area contributed by atoms with Crippen molar-refractivity contribution in [3.05, 3.63) is 46.3 Å². The average molecular weight is 393 g/mol. The van der Waals surface area contributed by atoms with E-state index >= 15 is 0 Å². The number of nitrogens with zero attached hydrogens (tertiary/aromatic N) is 1. The summed E-state index contributed by atoms with van der Waals surface area (Å²) in [6.45, 7) is 4.59. The summed E-state index contributed by atoms with van der Waals surface area (Å²) < 4.78 is 1.95. The highest BCUT2D eigenvalue weighted by atomic mass is 35.5. The van der Waals surface area contributed by atoms with E-state index in [1.807, 2.05) is 36.4 Å². The van der Waals surface area contributed by atoms with Gasteiger partial charge in [0.05, 0.1) is 8.55 Å². The zero-order chi connectivity index (χ0) is 17.4. The second-order valence-corrected chi connectivity index (χ2v) is 9.89. The van der Waals surface area contributed by atoms with E-state index in [0.717, 1.165) is 19.0 Å². The summed E-state index contributed by atoms with van der Waals surface area (Å²) in [5, 5.41) is 3.29. The van der Waals surface area contributed by atoms with Crippen molar-refractivity contribution in [2.75, 3.05) is 13.1 Å². The monoisotopic (exact) mass is 392 g/mol. The van der Waals surface area contributed by atoms with Crippen LogP contribution in [0.1, 0.15) is 30.1 Å². The van der Waals surface area contributed by atoms with Crippen molar-refractivity contribution >= 4 is 40.6 Å². The Morgan fingerprint density at radius 2 is 1.92 bits per heavy atom. The zero-order valence-corrected chi connectivity index (χ0v) is 16.5. The van der Waals surface area contributed by atoms with E-state index in [1.54, 1.807) is 23.1 Å². The first kappa shape index (κ1) is 17.4. The van der Waals surface area contributed by atoms with Crippen LogP contribution in [0.3, 0.4) is 0 Å². The lowest BCUT2D eigenvalue weighted by Crippen LogP contribution is -2.62. The van der Waals surface area contributed by atoms with Crippen molar-refractivity contribution < 1.29 is 4.79 Å². The third-order valence-electron chi connectivity index (χ3n) is 5.36. The van der Waals surface area contributed by atoms with Gasteiger partial charge in [-0.15, -0.1) is 11.3 Å². The van der Waals surface area contributed by atoms with E-state index in [2.05, 4.69) is 17.1 Å². The highest BCUT2D eigenvalue weighted by molar-refractivity contribution is 8.01. The molecule has 132 valence electrons. The fourth-order valence-electron chi connectivity index (χ4n) is 3.92. The van der Waals surface area contributed by atoms with Crippen molar-refractivity contribution in [1.82, 2.24) is 10.2 Å². The minimum atomic E-state index is 0.0429. The minimum absolute atomic E-state index is 0.0429. The van der Waals surface area contributed by atoms with Gasteiger partial charge in [-0.2, -0.15) is 0 Å². The molecule has 6 heteroatoms. The van der Waals surface area contributed by atoms with E-state index in [-0.39, 0.29) is 11.9 Å². The molecule has 2 atom stereocenters. The Labute approximate surface area is 161 Å². The predicted octanol–water partition coefficient (Wildman–Crippen LogP) is 4.77. The Balaban J connectivity index is 1.40. The highest BCUT2D eigenvalue weighted by Gasteiger charge is 2.40. The van der Waals surface area contributed by atoms with Gasteiger partial charge in [-0.25, -0.2) is 0 Å². The molecule has 2 bridgehead atoms. The molecular weight excluding hydrogens is 372 g/mol. The summed E-state index contributed by atoms with van der Waals surface area (Å²) in [6.07, 6.45) is 2.41. The van der Waals surface area contributed by atoms with Crippen LogP contribution in [-0.4, -0.2) is 36.0 Å². The largest absolute Gasteiger partial charge is 0.347 e. The number of carbonyl (C=O) groups excluding carboxylic acids is 1. The molecule has 1 aromatic carbocycles.